The Morgan fingerprint density at radius 2 is 1.81 bits per heavy atom. The summed E-state index contributed by atoms with van der Waals surface area (Å²) in [5.74, 6) is -0.343. The number of hydrogen-bond acceptors (Lipinski definition) is 5. The predicted octanol–water partition coefficient (Wildman–Crippen LogP) is 3.07. The van der Waals surface area contributed by atoms with Crippen molar-refractivity contribution >= 4 is 45.5 Å². The summed E-state index contributed by atoms with van der Waals surface area (Å²) >= 11 is 11.6. The Morgan fingerprint density at radius 1 is 1.19 bits per heavy atom. The van der Waals surface area contributed by atoms with E-state index in [9.17, 15) is 8.42 Å². The fourth-order valence-electron chi connectivity index (χ4n) is 1.52. The van der Waals surface area contributed by atoms with Gasteiger partial charge in [-0.2, -0.15) is 13.5 Å². The van der Waals surface area contributed by atoms with Crippen LogP contribution in [0.3, 0.4) is 0 Å². The quantitative estimate of drug-likeness (QED) is 0.225. The first-order chi connectivity index (χ1) is 12.1. The molecule has 0 radical (unpaired) electrons. The van der Waals surface area contributed by atoms with Gasteiger partial charge in [0.05, 0.1) is 21.2 Å². The third-order valence-electron chi connectivity index (χ3n) is 2.79. The van der Waals surface area contributed by atoms with Crippen LogP contribution in [0.2, 0.25) is 10.0 Å². The Kier molecular flexibility index (Phi) is 8.49. The van der Waals surface area contributed by atoms with Crippen LogP contribution in [-0.2, 0) is 10.1 Å². The number of hydrogen-bond donors (Lipinski definition) is 5. The monoisotopic (exact) mass is 418 g/mol. The first kappa shape index (κ1) is 21.9. The second kappa shape index (κ2) is 10.1. The molecule has 0 amide bonds. The molecular formula is C15H16Cl2N4O4S. The molecule has 2 rings (SSSR count). The predicted molar refractivity (Wildman–Crippen MR) is 101 cm³/mol. The molecule has 0 heterocycles. The number of halogens is 2. The minimum Gasteiger partial charge on any atom is -0.288 e. The lowest BCUT2D eigenvalue weighted by atomic mass is 10.2. The first-order valence-corrected chi connectivity index (χ1v) is 9.10. The van der Waals surface area contributed by atoms with Gasteiger partial charge in [0, 0.05) is 5.56 Å². The van der Waals surface area contributed by atoms with Crippen molar-refractivity contribution in [2.24, 2.45) is 5.10 Å². The molecule has 0 aliphatic carbocycles. The molecule has 0 bridgehead atoms. The molecule has 0 fully saturated rings. The molecule has 11 heteroatoms. The number of aryl methyl sites for hydroxylation is 1. The zero-order chi connectivity index (χ0) is 19.7. The third-order valence-corrected chi connectivity index (χ3v) is 4.49. The summed E-state index contributed by atoms with van der Waals surface area (Å²) in [6, 6.07) is 11.1. The lowest BCUT2D eigenvalue weighted by Gasteiger charge is -2.01. The molecule has 0 aliphatic heterocycles. The summed E-state index contributed by atoms with van der Waals surface area (Å²) < 4.78 is 29.6. The van der Waals surface area contributed by atoms with Crippen molar-refractivity contribution in [1.29, 1.82) is 5.41 Å². The Hall–Kier alpha value is -2.17. The van der Waals surface area contributed by atoms with Crippen molar-refractivity contribution in [2.75, 3.05) is 0 Å². The fraction of sp³-hybridized carbons (Fsp3) is 0.0667. The number of hydrazone groups is 1. The van der Waals surface area contributed by atoms with Gasteiger partial charge in [0.25, 0.3) is 10.1 Å². The largest absolute Gasteiger partial charge is 0.294 e. The smallest absolute Gasteiger partial charge is 0.288 e. The highest BCUT2D eigenvalue weighted by Crippen LogP contribution is 2.23. The van der Waals surface area contributed by atoms with E-state index in [-0.39, 0.29) is 10.9 Å². The molecule has 0 unspecified atom stereocenters. The van der Waals surface area contributed by atoms with Gasteiger partial charge >= 0.3 is 0 Å². The summed E-state index contributed by atoms with van der Waals surface area (Å²) in [5, 5.41) is 19.7. The van der Waals surface area contributed by atoms with Gasteiger partial charge in [0.2, 0.25) is 5.96 Å². The van der Waals surface area contributed by atoms with Gasteiger partial charge < -0.3 is 0 Å². The van der Waals surface area contributed by atoms with Crippen LogP contribution in [0.4, 0.5) is 0 Å². The molecule has 0 aliphatic rings. The van der Waals surface area contributed by atoms with Crippen molar-refractivity contribution in [2.45, 2.75) is 11.8 Å². The molecule has 5 N–H and O–H groups in total. The van der Waals surface area contributed by atoms with Crippen molar-refractivity contribution in [3.63, 3.8) is 0 Å². The van der Waals surface area contributed by atoms with Gasteiger partial charge in [-0.05, 0) is 25.1 Å². The molecule has 0 aromatic heterocycles. The number of guanidine groups is 1. The highest BCUT2D eigenvalue weighted by Gasteiger charge is 2.06. The normalized spacial score (nSPS) is 10.8. The van der Waals surface area contributed by atoms with E-state index in [0.717, 1.165) is 5.56 Å². The molecule has 2 aromatic carbocycles. The van der Waals surface area contributed by atoms with Crippen molar-refractivity contribution < 1.29 is 18.2 Å². The second-order valence-electron chi connectivity index (χ2n) is 4.79. The lowest BCUT2D eigenvalue weighted by molar-refractivity contribution is 0.228. The van der Waals surface area contributed by atoms with Gasteiger partial charge in [0.1, 0.15) is 0 Å². The summed E-state index contributed by atoms with van der Waals surface area (Å²) in [7, 11) is -4.02. The van der Waals surface area contributed by atoms with Crippen LogP contribution < -0.4 is 10.9 Å². The summed E-state index contributed by atoms with van der Waals surface area (Å²) in [6.07, 6.45) is 1.39. The first-order valence-electron chi connectivity index (χ1n) is 6.91. The maximum Gasteiger partial charge on any atom is 0.294 e. The van der Waals surface area contributed by atoms with Crippen LogP contribution >= 0.6 is 23.2 Å². The number of rotatable bonds is 3. The van der Waals surface area contributed by atoms with Crippen LogP contribution in [0.1, 0.15) is 11.1 Å². The zero-order valence-electron chi connectivity index (χ0n) is 13.4. The summed E-state index contributed by atoms with van der Waals surface area (Å²) in [6.45, 7) is 1.84. The lowest BCUT2D eigenvalue weighted by Crippen LogP contribution is -2.30. The van der Waals surface area contributed by atoms with E-state index >= 15 is 0 Å². The average Bonchev–Trinajstić information content (AvgIpc) is 2.58. The van der Waals surface area contributed by atoms with Crippen LogP contribution in [0, 0.1) is 12.3 Å². The topological polar surface area (TPSA) is 135 Å². The molecule has 0 spiro atoms. The minimum absolute atomic E-state index is 0.0666. The standard InChI is InChI=1S/C8H8Cl2N4O.C7H8O3S/c9-6-3-1-2-5(7(6)10)4-12-13-8(11)14-15;1-6-2-4-7(5-3-6)11(8,9)10/h1-4,15H,(H3,11,13,14);2-5H,1H3,(H,8,9,10). The second-order valence-corrected chi connectivity index (χ2v) is 6.99. The molecule has 8 nitrogen and oxygen atoms in total. The van der Waals surface area contributed by atoms with Gasteiger partial charge in [-0.15, -0.1) is 0 Å². The van der Waals surface area contributed by atoms with E-state index in [1.54, 1.807) is 35.8 Å². The minimum atomic E-state index is -4.02. The maximum absolute atomic E-state index is 10.5. The Morgan fingerprint density at radius 3 is 2.35 bits per heavy atom. The van der Waals surface area contributed by atoms with E-state index in [0.29, 0.717) is 15.6 Å². The summed E-state index contributed by atoms with van der Waals surface area (Å²) in [5.41, 5.74) is 5.36. The number of nitrogens with one attached hydrogen (secondary N) is 3. The zero-order valence-corrected chi connectivity index (χ0v) is 15.8. The van der Waals surface area contributed by atoms with E-state index in [1.165, 1.54) is 18.3 Å². The highest BCUT2D eigenvalue weighted by molar-refractivity contribution is 7.85. The van der Waals surface area contributed by atoms with E-state index < -0.39 is 10.1 Å². The average molecular weight is 419 g/mol. The fourth-order valence-corrected chi connectivity index (χ4v) is 2.36. The Labute approximate surface area is 160 Å². The van der Waals surface area contributed by atoms with Crippen molar-refractivity contribution in [3.8, 4) is 0 Å². The van der Waals surface area contributed by atoms with Crippen LogP contribution in [0.25, 0.3) is 0 Å². The number of nitrogens with zero attached hydrogens (tertiary/aromatic N) is 1. The molecule has 0 saturated heterocycles. The molecular weight excluding hydrogens is 403 g/mol. The van der Waals surface area contributed by atoms with Crippen molar-refractivity contribution in [3.05, 3.63) is 63.6 Å². The molecule has 0 saturated carbocycles. The van der Waals surface area contributed by atoms with E-state index in [2.05, 4.69) is 10.5 Å². The van der Waals surface area contributed by atoms with Gasteiger partial charge in [0.15, 0.2) is 0 Å². The molecule has 0 atom stereocenters. The van der Waals surface area contributed by atoms with Crippen molar-refractivity contribution in [1.82, 2.24) is 10.9 Å². The Balaban J connectivity index is 0.000000273. The van der Waals surface area contributed by atoms with E-state index in [4.69, 9.17) is 38.4 Å². The van der Waals surface area contributed by atoms with Gasteiger partial charge in [-0.1, -0.05) is 53.0 Å². The number of hydroxylamine groups is 1. The maximum atomic E-state index is 10.5. The van der Waals surface area contributed by atoms with Gasteiger partial charge in [-0.3, -0.25) is 15.2 Å². The Bertz CT molecular complexity index is 887. The molecule has 140 valence electrons. The van der Waals surface area contributed by atoms with Crippen LogP contribution in [0.5, 0.6) is 0 Å². The van der Waals surface area contributed by atoms with E-state index in [1.807, 2.05) is 6.92 Å². The summed E-state index contributed by atoms with van der Waals surface area (Å²) in [4.78, 5) is -0.0666. The van der Waals surface area contributed by atoms with Crippen LogP contribution in [0.15, 0.2) is 52.5 Å². The number of benzene rings is 2. The van der Waals surface area contributed by atoms with Gasteiger partial charge in [-0.25, -0.2) is 10.9 Å². The highest BCUT2D eigenvalue weighted by atomic mass is 35.5. The molecule has 26 heavy (non-hydrogen) atoms. The third kappa shape index (κ3) is 7.38. The van der Waals surface area contributed by atoms with Crippen LogP contribution in [-0.4, -0.2) is 30.4 Å². The molecule has 2 aromatic rings. The SMILES string of the molecule is Cc1ccc(S(=O)(=O)O)cc1.N=C(NO)NN=Cc1cccc(Cl)c1Cl.